The Hall–Kier alpha value is 0.174. The van der Waals surface area contributed by atoms with Crippen LogP contribution in [-0.4, -0.2) is 16.1 Å². The number of hydrogen-bond donors (Lipinski definition) is 0. The first-order chi connectivity index (χ1) is 5.23. The average Bonchev–Trinajstić information content (AvgIpc) is 1.46. The molecule has 0 amide bonds. The molecule has 0 nitrogen and oxygen atoms in total. The summed E-state index contributed by atoms with van der Waals surface area (Å²) in [5.74, 6) is 0. The maximum atomic E-state index is 2.49. The van der Waals surface area contributed by atoms with Crippen molar-refractivity contribution in [1.29, 1.82) is 0 Å². The summed E-state index contributed by atoms with van der Waals surface area (Å²) in [4.78, 5) is 0. The van der Waals surface area contributed by atoms with Crippen LogP contribution < -0.4 is 0 Å². The lowest BCUT2D eigenvalue weighted by molar-refractivity contribution is 0.870. The smallest absolute Gasteiger partial charge is 0.0517 e. The molecule has 1 aliphatic carbocycles. The predicted octanol–water partition coefficient (Wildman–Crippen LogP) is 3.97. The van der Waals surface area contributed by atoms with E-state index in [9.17, 15) is 0 Å². The van der Waals surface area contributed by atoms with Crippen LogP contribution in [0.1, 0.15) is 0 Å². The second-order valence-corrected chi connectivity index (χ2v) is 17.0. The topological polar surface area (TPSA) is 0 Å². The van der Waals surface area contributed by atoms with Crippen molar-refractivity contribution in [2.75, 3.05) is 0 Å². The highest BCUT2D eigenvalue weighted by atomic mass is 28.3. The molecule has 70 valence electrons. The fourth-order valence-corrected chi connectivity index (χ4v) is 8.74. The Morgan fingerprint density at radius 3 is 1.00 bits per heavy atom. The minimum absolute atomic E-state index is 0.899. The van der Waals surface area contributed by atoms with Crippen molar-refractivity contribution in [3.63, 3.8) is 0 Å². The summed E-state index contributed by atoms with van der Waals surface area (Å²) in [6, 6.07) is 0. The zero-order valence-corrected chi connectivity index (χ0v) is 11.3. The fourth-order valence-electron chi connectivity index (χ4n) is 1.99. The van der Waals surface area contributed by atoms with Crippen LogP contribution in [0.5, 0.6) is 0 Å². The normalized spacial score (nSPS) is 30.2. The van der Waals surface area contributed by atoms with Gasteiger partial charge in [-0.25, -0.2) is 0 Å². The quantitative estimate of drug-likeness (QED) is 0.465. The van der Waals surface area contributed by atoms with E-state index in [1.165, 1.54) is 0 Å². The van der Waals surface area contributed by atoms with Gasteiger partial charge in [-0.15, -0.1) is 0 Å². The molecular weight excluding hydrogens is 176 g/mol. The summed E-state index contributed by atoms with van der Waals surface area (Å²) in [6.07, 6.45) is 4.93. The molecule has 0 aliphatic heterocycles. The third kappa shape index (κ3) is 1.91. The molecule has 0 spiro atoms. The van der Waals surface area contributed by atoms with Gasteiger partial charge in [0.25, 0.3) is 0 Å². The summed E-state index contributed by atoms with van der Waals surface area (Å²) in [6.45, 7) is 15.0. The lowest BCUT2D eigenvalue weighted by atomic mass is 10.1. The van der Waals surface area contributed by atoms with Gasteiger partial charge in [0.2, 0.25) is 0 Å². The molecule has 0 N–H and O–H groups in total. The Balaban J connectivity index is 2.71. The maximum absolute atomic E-state index is 2.49. The van der Waals surface area contributed by atoms with Crippen molar-refractivity contribution >= 4 is 16.1 Å². The molecule has 0 unspecified atom stereocenters. The Kier molecular flexibility index (Phi) is 2.43. The second kappa shape index (κ2) is 2.84. The van der Waals surface area contributed by atoms with Gasteiger partial charge in [-0.2, -0.15) is 0 Å². The molecule has 0 fully saturated rings. The highest BCUT2D eigenvalue weighted by Gasteiger charge is 2.41. The average molecular weight is 198 g/mol. The van der Waals surface area contributed by atoms with Gasteiger partial charge in [0, 0.05) is 0 Å². The van der Waals surface area contributed by atoms with Gasteiger partial charge >= 0.3 is 0 Å². The summed E-state index contributed by atoms with van der Waals surface area (Å²) < 4.78 is 0. The van der Waals surface area contributed by atoms with Gasteiger partial charge in [-0.05, 0) is 11.1 Å². The second-order valence-electron chi connectivity index (χ2n) is 6.17. The Morgan fingerprint density at radius 2 is 0.917 bits per heavy atom. The van der Waals surface area contributed by atoms with Crippen LogP contribution in [0.3, 0.4) is 0 Å². The third-order valence-electron chi connectivity index (χ3n) is 2.91. The lowest BCUT2D eigenvalue weighted by Gasteiger charge is -2.44. The summed E-state index contributed by atoms with van der Waals surface area (Å²) in [7, 11) is -1.80. The van der Waals surface area contributed by atoms with E-state index in [-0.39, 0.29) is 0 Å². The van der Waals surface area contributed by atoms with Crippen molar-refractivity contribution < 1.29 is 0 Å². The van der Waals surface area contributed by atoms with E-state index in [1.807, 2.05) is 0 Å². The van der Waals surface area contributed by atoms with E-state index in [2.05, 4.69) is 51.4 Å². The van der Waals surface area contributed by atoms with E-state index in [0.29, 0.717) is 0 Å². The zero-order chi connectivity index (χ0) is 9.57. The van der Waals surface area contributed by atoms with Crippen LogP contribution in [0.25, 0.3) is 0 Å². The molecule has 0 bridgehead atoms. The predicted molar refractivity (Wildman–Crippen MR) is 63.3 cm³/mol. The minimum atomic E-state index is -0.899. The molecule has 1 aliphatic rings. The van der Waals surface area contributed by atoms with Crippen molar-refractivity contribution in [2.24, 2.45) is 0 Å². The van der Waals surface area contributed by atoms with Gasteiger partial charge in [0.15, 0.2) is 0 Å². The molecule has 0 heterocycles. The van der Waals surface area contributed by atoms with Gasteiger partial charge in [-0.3, -0.25) is 0 Å². The van der Waals surface area contributed by atoms with Crippen molar-refractivity contribution in [3.8, 4) is 0 Å². The van der Waals surface area contributed by atoms with Crippen LogP contribution in [0.4, 0.5) is 0 Å². The molecule has 0 radical (unpaired) electrons. The van der Waals surface area contributed by atoms with Gasteiger partial charge in [-0.1, -0.05) is 51.4 Å². The van der Waals surface area contributed by atoms with Crippen LogP contribution in [0.15, 0.2) is 12.2 Å². The first kappa shape index (κ1) is 10.3. The lowest BCUT2D eigenvalue weighted by Crippen LogP contribution is -2.42. The van der Waals surface area contributed by atoms with Gasteiger partial charge in [0.1, 0.15) is 0 Å². The SMILES string of the molecule is C[Si](C)(C)[C@@H]1C=C[C@@H]1[Si](C)(C)C. The third-order valence-corrected chi connectivity index (χ3v) is 8.35. The molecule has 0 aromatic carbocycles. The van der Waals surface area contributed by atoms with Gasteiger partial charge < -0.3 is 0 Å². The number of rotatable bonds is 2. The molecule has 0 aromatic rings. The van der Waals surface area contributed by atoms with E-state index in [0.717, 1.165) is 11.1 Å². The van der Waals surface area contributed by atoms with E-state index in [4.69, 9.17) is 0 Å². The van der Waals surface area contributed by atoms with E-state index < -0.39 is 16.1 Å². The van der Waals surface area contributed by atoms with Crippen molar-refractivity contribution in [3.05, 3.63) is 12.2 Å². The highest BCUT2D eigenvalue weighted by Crippen LogP contribution is 2.49. The van der Waals surface area contributed by atoms with Crippen LogP contribution in [-0.2, 0) is 0 Å². The molecule has 0 saturated heterocycles. The van der Waals surface area contributed by atoms with E-state index in [1.54, 1.807) is 0 Å². The molecule has 12 heavy (non-hydrogen) atoms. The van der Waals surface area contributed by atoms with Crippen LogP contribution >= 0.6 is 0 Å². The van der Waals surface area contributed by atoms with Crippen LogP contribution in [0.2, 0.25) is 50.4 Å². The van der Waals surface area contributed by atoms with Crippen LogP contribution in [0, 0.1) is 0 Å². The summed E-state index contributed by atoms with van der Waals surface area (Å²) in [5.41, 5.74) is 1.95. The highest BCUT2D eigenvalue weighted by molar-refractivity contribution is 6.84. The minimum Gasteiger partial charge on any atom is -0.0878 e. The first-order valence-electron chi connectivity index (χ1n) is 4.91. The maximum Gasteiger partial charge on any atom is 0.0517 e. The van der Waals surface area contributed by atoms with E-state index >= 15 is 0 Å². The molecule has 1 rings (SSSR count). The Labute approximate surface area is 79.1 Å². The Bertz CT molecular complexity index is 171. The Morgan fingerprint density at radius 1 is 0.667 bits per heavy atom. The fraction of sp³-hybridized carbons (Fsp3) is 0.800. The zero-order valence-electron chi connectivity index (χ0n) is 9.31. The summed E-state index contributed by atoms with van der Waals surface area (Å²) in [5, 5.41) is 0. The monoisotopic (exact) mass is 198 g/mol. The molecule has 0 aromatic heterocycles. The summed E-state index contributed by atoms with van der Waals surface area (Å²) >= 11 is 0. The van der Waals surface area contributed by atoms with Gasteiger partial charge in [0.05, 0.1) is 16.1 Å². The molecule has 2 heteroatoms. The molecular formula is C10H22Si2. The molecule has 2 atom stereocenters. The largest absolute Gasteiger partial charge is 0.0878 e. The molecule has 0 saturated carbocycles. The first-order valence-corrected chi connectivity index (χ1v) is 12.1. The number of allylic oxidation sites excluding steroid dienone is 2. The standard InChI is InChI=1S/C10H22Si2/c1-11(2,3)9-7-8-10(9)12(4,5)6/h7-10H,1-6H3/t9-,10+. The number of hydrogen-bond acceptors (Lipinski definition) is 0. The van der Waals surface area contributed by atoms with Crippen molar-refractivity contribution in [1.82, 2.24) is 0 Å². The van der Waals surface area contributed by atoms with Crippen molar-refractivity contribution in [2.45, 2.75) is 50.4 Å².